The molecule has 0 aromatic heterocycles. The zero-order chi connectivity index (χ0) is 13.7. The number of hydrogen-bond acceptors (Lipinski definition) is 3. The highest BCUT2D eigenvalue weighted by molar-refractivity contribution is 5.96. The zero-order valence-electron chi connectivity index (χ0n) is 11.8. The number of unbranched alkanes of at least 4 members (excludes halogenated alkanes) is 2. The normalized spacial score (nSPS) is 17.9. The van der Waals surface area contributed by atoms with Crippen molar-refractivity contribution in [3.8, 4) is 11.5 Å². The number of hydrogen-bond donors (Lipinski definition) is 0. The van der Waals surface area contributed by atoms with Gasteiger partial charge in [0.1, 0.15) is 0 Å². The Labute approximate surface area is 114 Å². The molecule has 0 saturated heterocycles. The second-order valence-corrected chi connectivity index (χ2v) is 5.27. The van der Waals surface area contributed by atoms with Crippen molar-refractivity contribution < 1.29 is 14.3 Å². The SMILES string of the molecule is CCCCCC(=O)c1ccc2c(c1)OCC(C)CO2. The van der Waals surface area contributed by atoms with E-state index in [-0.39, 0.29) is 5.78 Å². The number of benzene rings is 1. The van der Waals surface area contributed by atoms with Crippen molar-refractivity contribution in [2.24, 2.45) is 5.92 Å². The summed E-state index contributed by atoms with van der Waals surface area (Å²) in [6, 6.07) is 5.51. The number of ether oxygens (including phenoxy) is 2. The standard InChI is InChI=1S/C16H22O3/c1-3-4-5-6-14(17)13-7-8-15-16(9-13)19-11-12(2)10-18-15/h7-9,12H,3-6,10-11H2,1-2H3. The van der Waals surface area contributed by atoms with E-state index in [1.165, 1.54) is 0 Å². The third kappa shape index (κ3) is 3.72. The first-order valence-electron chi connectivity index (χ1n) is 7.13. The molecule has 1 aromatic rings. The van der Waals surface area contributed by atoms with Crippen LogP contribution in [-0.4, -0.2) is 19.0 Å². The number of fused-ring (bicyclic) bond motifs is 1. The van der Waals surface area contributed by atoms with E-state index in [2.05, 4.69) is 13.8 Å². The number of carbonyl (C=O) groups excluding carboxylic acids is 1. The summed E-state index contributed by atoms with van der Waals surface area (Å²) in [5.41, 5.74) is 0.730. The zero-order valence-corrected chi connectivity index (χ0v) is 11.8. The minimum atomic E-state index is 0.192. The molecule has 1 aliphatic heterocycles. The fourth-order valence-electron chi connectivity index (χ4n) is 2.11. The Bertz CT molecular complexity index is 440. The van der Waals surface area contributed by atoms with Gasteiger partial charge >= 0.3 is 0 Å². The molecule has 104 valence electrons. The summed E-state index contributed by atoms with van der Waals surface area (Å²) in [4.78, 5) is 12.1. The first-order chi connectivity index (χ1) is 9.20. The number of carbonyl (C=O) groups is 1. The minimum absolute atomic E-state index is 0.192. The Hall–Kier alpha value is -1.51. The van der Waals surface area contributed by atoms with Gasteiger partial charge in [-0.05, 0) is 24.6 Å². The van der Waals surface area contributed by atoms with Gasteiger partial charge in [0.25, 0.3) is 0 Å². The van der Waals surface area contributed by atoms with Crippen LogP contribution in [0.15, 0.2) is 18.2 Å². The van der Waals surface area contributed by atoms with Crippen molar-refractivity contribution in [3.05, 3.63) is 23.8 Å². The van der Waals surface area contributed by atoms with Gasteiger partial charge < -0.3 is 9.47 Å². The quantitative estimate of drug-likeness (QED) is 0.597. The number of Topliss-reactive ketones (excluding diaryl/α,β-unsaturated/α-hetero) is 1. The molecular weight excluding hydrogens is 240 g/mol. The largest absolute Gasteiger partial charge is 0.489 e. The van der Waals surface area contributed by atoms with E-state index < -0.39 is 0 Å². The van der Waals surface area contributed by atoms with Crippen molar-refractivity contribution in [2.75, 3.05) is 13.2 Å². The van der Waals surface area contributed by atoms with Crippen LogP contribution in [0.25, 0.3) is 0 Å². The lowest BCUT2D eigenvalue weighted by atomic mass is 10.0. The van der Waals surface area contributed by atoms with Gasteiger partial charge in [0.05, 0.1) is 13.2 Å². The van der Waals surface area contributed by atoms with Gasteiger partial charge in [-0.2, -0.15) is 0 Å². The van der Waals surface area contributed by atoms with Crippen LogP contribution in [0.3, 0.4) is 0 Å². The van der Waals surface area contributed by atoms with E-state index in [4.69, 9.17) is 9.47 Å². The molecule has 0 amide bonds. The van der Waals surface area contributed by atoms with Crippen LogP contribution in [0.4, 0.5) is 0 Å². The Morgan fingerprint density at radius 1 is 1.21 bits per heavy atom. The second kappa shape index (κ2) is 6.60. The van der Waals surface area contributed by atoms with Gasteiger partial charge in [0.15, 0.2) is 17.3 Å². The molecule has 3 nitrogen and oxygen atoms in total. The smallest absolute Gasteiger partial charge is 0.163 e. The topological polar surface area (TPSA) is 35.5 Å². The van der Waals surface area contributed by atoms with Crippen LogP contribution in [0.5, 0.6) is 11.5 Å². The van der Waals surface area contributed by atoms with E-state index in [1.54, 1.807) is 0 Å². The van der Waals surface area contributed by atoms with Gasteiger partial charge in [-0.1, -0.05) is 26.7 Å². The molecule has 0 fully saturated rings. The molecule has 2 rings (SSSR count). The summed E-state index contributed by atoms with van der Waals surface area (Å²) >= 11 is 0. The molecule has 1 heterocycles. The summed E-state index contributed by atoms with van der Waals surface area (Å²) in [6.07, 6.45) is 3.81. The summed E-state index contributed by atoms with van der Waals surface area (Å²) < 4.78 is 11.4. The highest BCUT2D eigenvalue weighted by Crippen LogP contribution is 2.31. The van der Waals surface area contributed by atoms with Crippen molar-refractivity contribution >= 4 is 5.78 Å². The van der Waals surface area contributed by atoms with Crippen LogP contribution >= 0.6 is 0 Å². The van der Waals surface area contributed by atoms with Crippen LogP contribution in [0.2, 0.25) is 0 Å². The van der Waals surface area contributed by atoms with Crippen molar-refractivity contribution in [1.29, 1.82) is 0 Å². The lowest BCUT2D eigenvalue weighted by molar-refractivity contribution is 0.0979. The van der Waals surface area contributed by atoms with Crippen LogP contribution in [0.1, 0.15) is 49.9 Å². The Morgan fingerprint density at radius 2 is 1.95 bits per heavy atom. The van der Waals surface area contributed by atoms with Crippen LogP contribution < -0.4 is 9.47 Å². The second-order valence-electron chi connectivity index (χ2n) is 5.27. The molecule has 1 aromatic carbocycles. The molecule has 0 spiro atoms. The van der Waals surface area contributed by atoms with Crippen molar-refractivity contribution in [3.63, 3.8) is 0 Å². The van der Waals surface area contributed by atoms with Gasteiger partial charge in [-0.3, -0.25) is 4.79 Å². The summed E-state index contributed by atoms with van der Waals surface area (Å²) in [5, 5.41) is 0. The number of rotatable bonds is 5. The van der Waals surface area contributed by atoms with E-state index in [0.717, 1.165) is 30.6 Å². The molecular formula is C16H22O3. The first-order valence-corrected chi connectivity index (χ1v) is 7.13. The maximum Gasteiger partial charge on any atom is 0.163 e. The Kier molecular flexibility index (Phi) is 4.83. The molecule has 0 radical (unpaired) electrons. The van der Waals surface area contributed by atoms with E-state index in [9.17, 15) is 4.79 Å². The van der Waals surface area contributed by atoms with E-state index in [1.807, 2.05) is 18.2 Å². The Balaban J connectivity index is 2.06. The predicted octanol–water partition coefficient (Wildman–Crippen LogP) is 3.86. The maximum absolute atomic E-state index is 12.1. The molecule has 0 bridgehead atoms. The van der Waals surface area contributed by atoms with E-state index >= 15 is 0 Å². The fourth-order valence-corrected chi connectivity index (χ4v) is 2.11. The highest BCUT2D eigenvalue weighted by Gasteiger charge is 2.16. The summed E-state index contributed by atoms with van der Waals surface area (Å²) in [6.45, 7) is 5.53. The van der Waals surface area contributed by atoms with Gasteiger partial charge in [0.2, 0.25) is 0 Å². The summed E-state index contributed by atoms with van der Waals surface area (Å²) in [5.74, 6) is 2.01. The van der Waals surface area contributed by atoms with E-state index in [0.29, 0.717) is 31.3 Å². The molecule has 1 aliphatic rings. The van der Waals surface area contributed by atoms with Gasteiger partial charge in [-0.25, -0.2) is 0 Å². The average Bonchev–Trinajstić information content (AvgIpc) is 2.61. The van der Waals surface area contributed by atoms with Gasteiger partial charge in [-0.15, -0.1) is 0 Å². The van der Waals surface area contributed by atoms with Crippen LogP contribution in [0, 0.1) is 5.92 Å². The lowest BCUT2D eigenvalue weighted by Crippen LogP contribution is -2.12. The van der Waals surface area contributed by atoms with Crippen molar-refractivity contribution in [2.45, 2.75) is 39.5 Å². The Morgan fingerprint density at radius 3 is 2.68 bits per heavy atom. The highest BCUT2D eigenvalue weighted by atomic mass is 16.5. The summed E-state index contributed by atoms with van der Waals surface area (Å²) in [7, 11) is 0. The monoisotopic (exact) mass is 262 g/mol. The molecule has 0 N–H and O–H groups in total. The maximum atomic E-state index is 12.1. The van der Waals surface area contributed by atoms with Gasteiger partial charge in [0, 0.05) is 17.9 Å². The number of ketones is 1. The minimum Gasteiger partial charge on any atom is -0.489 e. The first kappa shape index (κ1) is 13.9. The molecule has 19 heavy (non-hydrogen) atoms. The fraction of sp³-hybridized carbons (Fsp3) is 0.562. The molecule has 1 atom stereocenters. The molecule has 3 heteroatoms. The third-order valence-corrected chi connectivity index (χ3v) is 3.32. The molecule has 0 aliphatic carbocycles. The average molecular weight is 262 g/mol. The third-order valence-electron chi connectivity index (χ3n) is 3.32. The molecule has 1 unspecified atom stereocenters. The predicted molar refractivity (Wildman–Crippen MR) is 75.1 cm³/mol. The lowest BCUT2D eigenvalue weighted by Gasteiger charge is -2.08. The van der Waals surface area contributed by atoms with Crippen molar-refractivity contribution in [1.82, 2.24) is 0 Å². The van der Waals surface area contributed by atoms with Crippen LogP contribution in [-0.2, 0) is 0 Å². The molecule has 0 saturated carbocycles.